The van der Waals surface area contributed by atoms with E-state index in [0.29, 0.717) is 32.4 Å². The van der Waals surface area contributed by atoms with Crippen molar-refractivity contribution >= 4 is 30.3 Å². The minimum Gasteiger partial charge on any atom is -0.349 e. The standard InChI is InChI=1S/C31H44F2N4O3.ClH/c1-4-35-28(39)30(37(29(35)40)20-21(2)3)18-24-10-11-25(19-30)36(24)17-14-26(22-8-6-5-7-9-22)34-27(38)23-12-15-31(32,33)16-13-23;/h5-9,21,23-26H,4,10-20H2,1-3H3,(H,34,38);1H/t24?,25?,26-,30?;/m0./s1. The lowest BCUT2D eigenvalue weighted by atomic mass is 9.80. The predicted molar refractivity (Wildman–Crippen MR) is 156 cm³/mol. The highest BCUT2D eigenvalue weighted by Crippen LogP contribution is 2.48. The van der Waals surface area contributed by atoms with Crippen LogP contribution in [0.15, 0.2) is 30.3 Å². The summed E-state index contributed by atoms with van der Waals surface area (Å²) < 4.78 is 27.4. The van der Waals surface area contributed by atoms with E-state index >= 15 is 0 Å². The molecule has 1 aromatic carbocycles. The number of urea groups is 1. The molecule has 1 N–H and O–H groups in total. The summed E-state index contributed by atoms with van der Waals surface area (Å²) in [5.41, 5.74) is 0.256. The van der Waals surface area contributed by atoms with Crippen molar-refractivity contribution in [2.75, 3.05) is 19.6 Å². The normalized spacial score (nSPS) is 28.8. The molecule has 3 atom stereocenters. The molecule has 4 amide bonds. The molecule has 7 nitrogen and oxygen atoms in total. The molecule has 3 heterocycles. The SMILES string of the molecule is CCN1C(=O)N(CC(C)C)C2(CC3CCC(C2)N3CC[C@H](NC(=O)C2CCC(F)(F)CC2)c2ccccc2)C1=O.Cl. The number of benzene rings is 1. The van der Waals surface area contributed by atoms with E-state index < -0.39 is 11.5 Å². The zero-order valence-electron chi connectivity index (χ0n) is 24.5. The second kappa shape index (κ2) is 12.5. The summed E-state index contributed by atoms with van der Waals surface area (Å²) >= 11 is 0. The Balaban J connectivity index is 0.00000387. The maximum absolute atomic E-state index is 13.7. The Kier molecular flexibility index (Phi) is 9.69. The third-order valence-electron chi connectivity index (χ3n) is 9.69. The molecule has 1 spiro atoms. The van der Waals surface area contributed by atoms with E-state index in [1.165, 1.54) is 4.90 Å². The molecule has 4 fully saturated rings. The van der Waals surface area contributed by atoms with Crippen molar-refractivity contribution in [1.82, 2.24) is 20.0 Å². The number of piperidine rings is 1. The summed E-state index contributed by atoms with van der Waals surface area (Å²) in [4.78, 5) is 45.9. The summed E-state index contributed by atoms with van der Waals surface area (Å²) in [5, 5.41) is 3.20. The van der Waals surface area contributed by atoms with Crippen molar-refractivity contribution in [3.8, 4) is 0 Å². The molecule has 0 aromatic heterocycles. The molecule has 10 heteroatoms. The third-order valence-corrected chi connectivity index (χ3v) is 9.69. The first-order valence-corrected chi connectivity index (χ1v) is 15.2. The van der Waals surface area contributed by atoms with Gasteiger partial charge in [0.15, 0.2) is 0 Å². The maximum atomic E-state index is 13.7. The molecular weight excluding hydrogens is 550 g/mol. The van der Waals surface area contributed by atoms with Crippen LogP contribution in [0.5, 0.6) is 0 Å². The third kappa shape index (κ3) is 6.26. The van der Waals surface area contributed by atoms with Crippen LogP contribution in [0.3, 0.4) is 0 Å². The Labute approximate surface area is 248 Å². The average molecular weight is 595 g/mol. The van der Waals surface area contributed by atoms with E-state index in [-0.39, 0.29) is 85.9 Å². The number of hydrogen-bond acceptors (Lipinski definition) is 4. The summed E-state index contributed by atoms with van der Waals surface area (Å²) in [5.74, 6) is -2.94. The van der Waals surface area contributed by atoms with Gasteiger partial charge in [-0.15, -0.1) is 12.4 Å². The Morgan fingerprint density at radius 1 is 1.02 bits per heavy atom. The van der Waals surface area contributed by atoms with Crippen molar-refractivity contribution in [3.05, 3.63) is 35.9 Å². The maximum Gasteiger partial charge on any atom is 0.327 e. The van der Waals surface area contributed by atoms with Gasteiger partial charge in [-0.3, -0.25) is 19.4 Å². The molecule has 1 aromatic rings. The molecule has 41 heavy (non-hydrogen) atoms. The van der Waals surface area contributed by atoms with Gasteiger partial charge in [0, 0.05) is 50.5 Å². The number of halogens is 3. The number of likely N-dealkylation sites (N-methyl/N-ethyl adjacent to an activating group) is 1. The molecular formula is C31H45ClF2N4O3. The Morgan fingerprint density at radius 2 is 1.63 bits per heavy atom. The quantitative estimate of drug-likeness (QED) is 0.368. The number of amides is 4. The fraction of sp³-hybridized carbons (Fsp3) is 0.710. The van der Waals surface area contributed by atoms with Crippen molar-refractivity contribution in [2.45, 2.75) is 108 Å². The van der Waals surface area contributed by atoms with Gasteiger partial charge in [-0.2, -0.15) is 0 Å². The smallest absolute Gasteiger partial charge is 0.327 e. The Morgan fingerprint density at radius 3 is 2.20 bits per heavy atom. The molecule has 3 saturated heterocycles. The van der Waals surface area contributed by atoms with Crippen molar-refractivity contribution in [1.29, 1.82) is 0 Å². The van der Waals surface area contributed by atoms with Gasteiger partial charge in [-0.05, 0) is 63.4 Å². The number of imide groups is 1. The molecule has 3 aliphatic heterocycles. The zero-order valence-corrected chi connectivity index (χ0v) is 25.3. The van der Waals surface area contributed by atoms with Crippen molar-refractivity contribution < 1.29 is 23.2 Å². The summed E-state index contributed by atoms with van der Waals surface area (Å²) in [6.07, 6.45) is 3.95. The van der Waals surface area contributed by atoms with Gasteiger partial charge in [-0.25, -0.2) is 13.6 Å². The summed E-state index contributed by atoms with van der Waals surface area (Å²) in [6, 6.07) is 9.90. The van der Waals surface area contributed by atoms with E-state index in [1.54, 1.807) is 0 Å². The number of rotatable bonds is 9. The van der Waals surface area contributed by atoms with Crippen molar-refractivity contribution in [2.24, 2.45) is 11.8 Å². The predicted octanol–water partition coefficient (Wildman–Crippen LogP) is 5.79. The molecule has 1 saturated carbocycles. The minimum absolute atomic E-state index is 0. The monoisotopic (exact) mass is 594 g/mol. The summed E-state index contributed by atoms with van der Waals surface area (Å²) in [6.45, 7) is 7.77. The number of carbonyl (C=O) groups is 3. The van der Waals surface area contributed by atoms with E-state index in [9.17, 15) is 23.2 Å². The molecule has 4 aliphatic rings. The molecule has 2 bridgehead atoms. The van der Waals surface area contributed by atoms with E-state index in [1.807, 2.05) is 42.2 Å². The highest BCUT2D eigenvalue weighted by molar-refractivity contribution is 6.07. The van der Waals surface area contributed by atoms with Gasteiger partial charge < -0.3 is 10.2 Å². The highest BCUT2D eigenvalue weighted by atomic mass is 35.5. The lowest BCUT2D eigenvalue weighted by Crippen LogP contribution is -2.61. The number of alkyl halides is 2. The second-order valence-electron chi connectivity index (χ2n) is 12.8. The van der Waals surface area contributed by atoms with E-state index in [4.69, 9.17) is 0 Å². The van der Waals surface area contributed by atoms with Crippen LogP contribution in [0.4, 0.5) is 13.6 Å². The minimum atomic E-state index is -2.66. The first-order valence-electron chi connectivity index (χ1n) is 15.2. The van der Waals surface area contributed by atoms with Crippen LogP contribution < -0.4 is 5.32 Å². The van der Waals surface area contributed by atoms with Gasteiger partial charge in [0.05, 0.1) is 6.04 Å². The van der Waals surface area contributed by atoms with Crippen LogP contribution in [0, 0.1) is 11.8 Å². The van der Waals surface area contributed by atoms with Crippen LogP contribution in [-0.2, 0) is 9.59 Å². The molecule has 5 rings (SSSR count). The number of hydrogen-bond donors (Lipinski definition) is 1. The number of nitrogens with zero attached hydrogens (tertiary/aromatic N) is 3. The Hall–Kier alpha value is -2.26. The zero-order chi connectivity index (χ0) is 28.7. The second-order valence-corrected chi connectivity index (χ2v) is 12.8. The lowest BCUT2D eigenvalue weighted by molar-refractivity contribution is -0.137. The van der Waals surface area contributed by atoms with Gasteiger partial charge in [0.2, 0.25) is 11.8 Å². The number of carbonyl (C=O) groups excluding carboxylic acids is 3. The summed E-state index contributed by atoms with van der Waals surface area (Å²) in [7, 11) is 0. The van der Waals surface area contributed by atoms with Crippen LogP contribution >= 0.6 is 12.4 Å². The van der Waals surface area contributed by atoms with Crippen LogP contribution in [-0.4, -0.2) is 75.7 Å². The first kappa shape index (κ1) is 31.7. The molecule has 228 valence electrons. The van der Waals surface area contributed by atoms with Crippen LogP contribution in [0.1, 0.15) is 90.2 Å². The fourth-order valence-corrected chi connectivity index (χ4v) is 7.63. The van der Waals surface area contributed by atoms with E-state index in [2.05, 4.69) is 24.1 Å². The molecule has 0 radical (unpaired) electrons. The Bertz CT molecular complexity index is 1080. The average Bonchev–Trinajstić information content (AvgIpc) is 3.27. The molecule has 2 unspecified atom stereocenters. The fourth-order valence-electron chi connectivity index (χ4n) is 7.63. The topological polar surface area (TPSA) is 73.0 Å². The van der Waals surface area contributed by atoms with E-state index in [0.717, 1.165) is 24.9 Å². The van der Waals surface area contributed by atoms with Crippen LogP contribution in [0.2, 0.25) is 0 Å². The number of fused-ring (bicyclic) bond motifs is 2. The van der Waals surface area contributed by atoms with Gasteiger partial charge >= 0.3 is 6.03 Å². The largest absolute Gasteiger partial charge is 0.349 e. The first-order chi connectivity index (χ1) is 19.0. The van der Waals surface area contributed by atoms with Gasteiger partial charge in [-0.1, -0.05) is 44.2 Å². The van der Waals surface area contributed by atoms with Crippen molar-refractivity contribution in [3.63, 3.8) is 0 Å². The van der Waals surface area contributed by atoms with Gasteiger partial charge in [0.25, 0.3) is 5.91 Å². The highest BCUT2D eigenvalue weighted by Gasteiger charge is 2.62. The van der Waals surface area contributed by atoms with Crippen LogP contribution in [0.25, 0.3) is 0 Å². The number of nitrogens with one attached hydrogen (secondary N) is 1. The lowest BCUT2D eigenvalue weighted by Gasteiger charge is -2.47. The van der Waals surface area contributed by atoms with Gasteiger partial charge in [0.1, 0.15) is 5.54 Å². The molecule has 1 aliphatic carbocycles.